The van der Waals surface area contributed by atoms with Gasteiger partial charge < -0.3 is 10.5 Å². The summed E-state index contributed by atoms with van der Waals surface area (Å²) in [6.45, 7) is 0. The predicted molar refractivity (Wildman–Crippen MR) is 144 cm³/mol. The molecule has 3 aromatic carbocycles. The van der Waals surface area contributed by atoms with Crippen molar-refractivity contribution in [2.75, 3.05) is 17.6 Å². The number of nitrogens with one attached hydrogen (secondary N) is 1. The number of para-hydroxylation sites is 1. The van der Waals surface area contributed by atoms with Crippen LogP contribution < -0.4 is 20.8 Å². The number of pyridine rings is 1. The van der Waals surface area contributed by atoms with Crippen molar-refractivity contribution in [1.82, 2.24) is 14.5 Å². The van der Waals surface area contributed by atoms with Crippen molar-refractivity contribution in [2.24, 2.45) is 0 Å². The number of fused-ring (bicyclic) bond motifs is 1. The van der Waals surface area contributed by atoms with Gasteiger partial charge in [-0.25, -0.2) is 23.0 Å². The molecule has 186 valence electrons. The summed E-state index contributed by atoms with van der Waals surface area (Å²) >= 11 is 6.10. The van der Waals surface area contributed by atoms with E-state index in [4.69, 9.17) is 22.1 Å². The molecule has 0 fully saturated rings. The number of benzene rings is 3. The van der Waals surface area contributed by atoms with E-state index >= 15 is 0 Å². The quantitative estimate of drug-likeness (QED) is 0.329. The van der Waals surface area contributed by atoms with Crippen LogP contribution in [0.2, 0.25) is 5.02 Å². The third kappa shape index (κ3) is 4.59. The van der Waals surface area contributed by atoms with E-state index in [2.05, 4.69) is 14.7 Å². The molecule has 0 bridgehead atoms. The Morgan fingerprint density at radius 1 is 0.973 bits per heavy atom. The Morgan fingerprint density at radius 3 is 2.43 bits per heavy atom. The van der Waals surface area contributed by atoms with Gasteiger partial charge in [0.1, 0.15) is 10.6 Å². The van der Waals surface area contributed by atoms with E-state index in [1.807, 2.05) is 6.07 Å². The highest BCUT2D eigenvalue weighted by atomic mass is 35.5. The van der Waals surface area contributed by atoms with Crippen LogP contribution in [0.1, 0.15) is 0 Å². The number of hydrogen-bond donors (Lipinski definition) is 2. The average Bonchev–Trinajstić information content (AvgIpc) is 2.89. The Morgan fingerprint density at radius 2 is 1.70 bits per heavy atom. The maximum absolute atomic E-state index is 13.4. The fourth-order valence-electron chi connectivity index (χ4n) is 3.92. The normalized spacial score (nSPS) is 11.4. The van der Waals surface area contributed by atoms with Gasteiger partial charge in [-0.3, -0.25) is 9.52 Å². The topological polar surface area (TPSA) is 129 Å². The Balaban J connectivity index is 1.60. The summed E-state index contributed by atoms with van der Waals surface area (Å²) in [7, 11) is -2.65. The molecule has 0 amide bonds. The molecule has 0 aliphatic rings. The number of nitrogens with zero attached hydrogens (tertiary/aromatic N) is 3. The molecule has 5 rings (SSSR count). The fourth-order valence-corrected chi connectivity index (χ4v) is 5.49. The SMILES string of the molecule is COc1ncc(-c2ccc3nc(N)n(-c4ccccc4)c(=O)c3c2)cc1NS(=O)(=O)c1ccccc1Cl. The van der Waals surface area contributed by atoms with Crippen molar-refractivity contribution in [3.8, 4) is 22.7 Å². The second-order valence-corrected chi connectivity index (χ2v) is 10.1. The number of rotatable bonds is 6. The van der Waals surface area contributed by atoms with E-state index in [-0.39, 0.29) is 33.0 Å². The van der Waals surface area contributed by atoms with E-state index in [0.717, 1.165) is 0 Å². The molecule has 2 aromatic heterocycles. The maximum atomic E-state index is 13.4. The minimum Gasteiger partial charge on any atom is -0.480 e. The lowest BCUT2D eigenvalue weighted by molar-refractivity contribution is 0.400. The Kier molecular flexibility index (Phi) is 6.28. The second kappa shape index (κ2) is 9.57. The van der Waals surface area contributed by atoms with Crippen molar-refractivity contribution in [2.45, 2.75) is 4.90 Å². The van der Waals surface area contributed by atoms with Gasteiger partial charge >= 0.3 is 0 Å². The van der Waals surface area contributed by atoms with Crippen LogP contribution in [0.15, 0.2) is 94.7 Å². The van der Waals surface area contributed by atoms with Gasteiger partial charge in [0.2, 0.25) is 11.8 Å². The molecule has 3 N–H and O–H groups in total. The van der Waals surface area contributed by atoms with Crippen LogP contribution in [-0.4, -0.2) is 30.1 Å². The van der Waals surface area contributed by atoms with E-state index < -0.39 is 10.0 Å². The minimum absolute atomic E-state index is 0.0684. The molecule has 0 spiro atoms. The number of methoxy groups -OCH3 is 1. The largest absolute Gasteiger partial charge is 0.480 e. The van der Waals surface area contributed by atoms with Crippen LogP contribution in [0.4, 0.5) is 11.6 Å². The summed E-state index contributed by atoms with van der Waals surface area (Å²) in [4.78, 5) is 21.9. The van der Waals surface area contributed by atoms with Gasteiger partial charge in [-0.15, -0.1) is 0 Å². The van der Waals surface area contributed by atoms with Crippen LogP contribution in [-0.2, 0) is 10.0 Å². The summed E-state index contributed by atoms with van der Waals surface area (Å²) in [5.74, 6) is 0.139. The first-order valence-electron chi connectivity index (χ1n) is 11.0. The molecular weight excluding hydrogens is 514 g/mol. The zero-order valence-electron chi connectivity index (χ0n) is 19.4. The molecule has 0 aliphatic carbocycles. The van der Waals surface area contributed by atoms with Gasteiger partial charge in [0.05, 0.1) is 28.7 Å². The van der Waals surface area contributed by atoms with E-state index in [9.17, 15) is 13.2 Å². The molecular formula is C26H20ClN5O4S. The smallest absolute Gasteiger partial charge is 0.267 e. The summed E-state index contributed by atoms with van der Waals surface area (Å²) in [6.07, 6.45) is 1.52. The molecule has 0 unspecified atom stereocenters. The van der Waals surface area contributed by atoms with Gasteiger partial charge in [0.15, 0.2) is 0 Å². The van der Waals surface area contributed by atoms with Gasteiger partial charge in [0, 0.05) is 11.8 Å². The lowest BCUT2D eigenvalue weighted by atomic mass is 10.0. The lowest BCUT2D eigenvalue weighted by Gasteiger charge is -2.14. The highest BCUT2D eigenvalue weighted by Crippen LogP contribution is 2.32. The molecule has 37 heavy (non-hydrogen) atoms. The minimum atomic E-state index is -4.04. The Bertz CT molecular complexity index is 1810. The van der Waals surface area contributed by atoms with Gasteiger partial charge in [-0.05, 0) is 48.0 Å². The van der Waals surface area contributed by atoms with Crippen molar-refractivity contribution >= 4 is 44.2 Å². The van der Waals surface area contributed by atoms with E-state index in [1.54, 1.807) is 60.7 Å². The first kappa shape index (κ1) is 24.3. The van der Waals surface area contributed by atoms with Crippen molar-refractivity contribution in [3.63, 3.8) is 0 Å². The third-order valence-electron chi connectivity index (χ3n) is 5.66. The Hall–Kier alpha value is -4.41. The highest BCUT2D eigenvalue weighted by Gasteiger charge is 2.21. The van der Waals surface area contributed by atoms with Gasteiger partial charge in [0.25, 0.3) is 15.6 Å². The van der Waals surface area contributed by atoms with Gasteiger partial charge in [-0.1, -0.05) is 48.0 Å². The molecule has 5 aromatic rings. The summed E-state index contributed by atoms with van der Waals surface area (Å²) < 4.78 is 35.1. The monoisotopic (exact) mass is 533 g/mol. The molecule has 0 aliphatic heterocycles. The van der Waals surface area contributed by atoms with Gasteiger partial charge in [-0.2, -0.15) is 0 Å². The number of ether oxygens (including phenoxy) is 1. The van der Waals surface area contributed by atoms with Crippen LogP contribution in [0, 0.1) is 0 Å². The second-order valence-electron chi connectivity index (χ2n) is 7.99. The number of aromatic nitrogens is 3. The van der Waals surface area contributed by atoms with Crippen LogP contribution in [0.3, 0.4) is 0 Å². The number of halogens is 1. The molecule has 0 saturated carbocycles. The average molecular weight is 534 g/mol. The van der Waals surface area contributed by atoms with Crippen molar-refractivity contribution in [3.05, 3.63) is 100 Å². The molecule has 0 saturated heterocycles. The standard InChI is InChI=1S/C26H20ClN5O4S/c1-36-24-22(31-37(34,35)23-10-6-5-9-20(23)27)14-17(15-29-24)16-11-12-21-19(13-16)25(33)32(26(28)30-21)18-7-3-2-4-8-18/h2-15,31H,1H3,(H2,28,30). The molecule has 2 heterocycles. The summed E-state index contributed by atoms with van der Waals surface area (Å²) in [5.41, 5.74) is 8.04. The number of nitrogen functional groups attached to an aromatic ring is 1. The molecule has 0 radical (unpaired) electrons. The predicted octanol–water partition coefficient (Wildman–Crippen LogP) is 4.49. The lowest BCUT2D eigenvalue weighted by Crippen LogP contribution is -2.23. The number of hydrogen-bond acceptors (Lipinski definition) is 7. The highest BCUT2D eigenvalue weighted by molar-refractivity contribution is 7.92. The van der Waals surface area contributed by atoms with E-state index in [0.29, 0.717) is 27.7 Å². The Labute approximate surface area is 217 Å². The fraction of sp³-hybridized carbons (Fsp3) is 0.0385. The zero-order chi connectivity index (χ0) is 26.2. The maximum Gasteiger partial charge on any atom is 0.267 e. The summed E-state index contributed by atoms with van der Waals surface area (Å²) in [6, 6.07) is 21.7. The van der Waals surface area contributed by atoms with Crippen molar-refractivity contribution in [1.29, 1.82) is 0 Å². The molecule has 11 heteroatoms. The number of anilines is 2. The zero-order valence-corrected chi connectivity index (χ0v) is 21.0. The summed E-state index contributed by atoms with van der Waals surface area (Å²) in [5, 5.41) is 0.415. The van der Waals surface area contributed by atoms with Crippen LogP contribution in [0.5, 0.6) is 5.88 Å². The first-order valence-corrected chi connectivity index (χ1v) is 12.8. The third-order valence-corrected chi connectivity index (χ3v) is 7.52. The van der Waals surface area contributed by atoms with Crippen molar-refractivity contribution < 1.29 is 13.2 Å². The number of sulfonamides is 1. The van der Waals surface area contributed by atoms with E-state index in [1.165, 1.54) is 30.0 Å². The van der Waals surface area contributed by atoms with Crippen LogP contribution in [0.25, 0.3) is 27.7 Å². The molecule has 0 atom stereocenters. The number of nitrogens with two attached hydrogens (primary N) is 1. The van der Waals surface area contributed by atoms with Crippen LogP contribution >= 0.6 is 11.6 Å². The first-order chi connectivity index (χ1) is 17.8. The molecule has 9 nitrogen and oxygen atoms in total.